The predicted octanol–water partition coefficient (Wildman–Crippen LogP) is -0.879. The van der Waals surface area contributed by atoms with Crippen LogP contribution in [0.5, 0.6) is 0 Å². The van der Waals surface area contributed by atoms with Gasteiger partial charge in [-0.2, -0.15) is 0 Å². The molecule has 0 N–H and O–H groups in total. The van der Waals surface area contributed by atoms with Gasteiger partial charge in [0.15, 0.2) is 0 Å². The Balaban J connectivity index is 0.00000156. The molecule has 0 saturated carbocycles. The largest absolute Gasteiger partial charge is 1.00 e. The van der Waals surface area contributed by atoms with Gasteiger partial charge >= 0.3 is 150 Å². The summed E-state index contributed by atoms with van der Waals surface area (Å²) in [4.78, 5) is 0. The Hall–Kier alpha value is -0.140. The molecule has 1 unspecified atom stereocenters. The maximum atomic E-state index is 2.63. The Morgan fingerprint density at radius 3 is 1.56 bits per heavy atom. The van der Waals surface area contributed by atoms with E-state index in [0.717, 1.165) is 0 Å². The summed E-state index contributed by atoms with van der Waals surface area (Å²) in [6.07, 6.45) is 7.43. The van der Waals surface area contributed by atoms with Crippen molar-refractivity contribution < 1.29 is 45.7 Å². The van der Waals surface area contributed by atoms with Crippen LogP contribution in [0.3, 0.4) is 0 Å². The fraction of sp³-hybridized carbons (Fsp3) is 0.333. The molecule has 3 rings (SSSR count). The Morgan fingerprint density at radius 2 is 1.20 bits per heavy atom. The van der Waals surface area contributed by atoms with Crippen molar-refractivity contribution in [3.63, 3.8) is 0 Å². The van der Waals surface area contributed by atoms with Crippen molar-refractivity contribution in [2.45, 2.75) is 47.1 Å². The van der Waals surface area contributed by atoms with Gasteiger partial charge in [-0.25, -0.2) is 0 Å². The molecule has 2 aliphatic rings. The van der Waals surface area contributed by atoms with Gasteiger partial charge in [0.2, 0.25) is 0 Å². The van der Waals surface area contributed by atoms with Crippen LogP contribution < -0.4 is 30.0 Å². The summed E-state index contributed by atoms with van der Waals surface area (Å²) in [5, 5.41) is 1.68. The molecule has 0 bridgehead atoms. The van der Waals surface area contributed by atoms with Crippen molar-refractivity contribution in [3.8, 4) is 0 Å². The zero-order valence-corrected chi connectivity index (χ0v) is 20.9. The van der Waals surface area contributed by atoms with Gasteiger partial charge in [0.05, 0.1) is 0 Å². The van der Waals surface area contributed by atoms with Crippen LogP contribution in [0.1, 0.15) is 40.5 Å². The molecule has 1 aromatic carbocycles. The Kier molecular flexibility index (Phi) is 8.88. The van der Waals surface area contributed by atoms with Gasteiger partial charge in [-0.1, -0.05) is 0 Å². The number of hydrogen-bond acceptors (Lipinski definition) is 0. The summed E-state index contributed by atoms with van der Waals surface area (Å²) >= 11 is -1.78. The van der Waals surface area contributed by atoms with Crippen molar-refractivity contribution in [2.75, 3.05) is 0 Å². The maximum absolute atomic E-state index is 2.63. The quantitative estimate of drug-likeness (QED) is 0.503. The standard InChI is InChI=1S/C7H9Si.2C7H9.2ClH.Zr/c1-8-7-5-3-2-4-6-7;2*1-6-4-3-5-7(6)2;;;/h2-6,8H,1H3;2*4H,3H2,1-2H3;2*1H;/q;;;;;+2/p-2. The monoisotopic (exact) mass is 467 g/mol. The zero-order valence-electron chi connectivity index (χ0n) is 15.8. The van der Waals surface area contributed by atoms with E-state index in [1.807, 2.05) is 6.56 Å². The molecule has 25 heavy (non-hydrogen) atoms. The zero-order chi connectivity index (χ0) is 16.6. The van der Waals surface area contributed by atoms with Crippen LogP contribution in [-0.4, -0.2) is 5.92 Å². The summed E-state index contributed by atoms with van der Waals surface area (Å²) in [6.45, 7) is 12.0. The third-order valence-electron chi connectivity index (χ3n) is 5.70. The molecule has 0 aromatic heterocycles. The van der Waals surface area contributed by atoms with Crippen LogP contribution in [0.15, 0.2) is 71.3 Å². The van der Waals surface area contributed by atoms with Gasteiger partial charge in [0.25, 0.3) is 0 Å². The molecule has 2 aliphatic carbocycles. The maximum Gasteiger partial charge on any atom is -1.00 e. The van der Waals surface area contributed by atoms with E-state index in [2.05, 4.69) is 76.7 Å². The SMILES string of the molecule is CC1=CC[C]([Zr+2]([C]2=C(C)C(C)=CC2)[SiH](C)c2ccccc2)=C1C.[Cl-].[Cl-]. The average molecular weight is 470 g/mol. The van der Waals surface area contributed by atoms with E-state index >= 15 is 0 Å². The fourth-order valence-corrected chi connectivity index (χ4v) is 27.0. The van der Waals surface area contributed by atoms with E-state index in [9.17, 15) is 0 Å². The van der Waals surface area contributed by atoms with E-state index < -0.39 is 26.8 Å². The Labute approximate surface area is 174 Å². The second-order valence-electron chi connectivity index (χ2n) is 6.94. The molecule has 4 heteroatoms. The third-order valence-corrected chi connectivity index (χ3v) is 27.0. The van der Waals surface area contributed by atoms with Crippen LogP contribution in [-0.2, 0) is 20.9 Å². The molecular weight excluding hydrogens is 442 g/mol. The van der Waals surface area contributed by atoms with Crippen molar-refractivity contribution >= 4 is 11.1 Å². The average Bonchev–Trinajstić information content (AvgIpc) is 3.06. The molecule has 1 atom stereocenters. The van der Waals surface area contributed by atoms with Gasteiger partial charge in [0, 0.05) is 0 Å². The molecule has 0 aliphatic heterocycles. The fourth-order valence-electron chi connectivity index (χ4n) is 3.84. The summed E-state index contributed by atoms with van der Waals surface area (Å²) in [5.74, 6) is -0.899. The summed E-state index contributed by atoms with van der Waals surface area (Å²) < 4.78 is 3.79. The van der Waals surface area contributed by atoms with Gasteiger partial charge in [-0.3, -0.25) is 0 Å². The van der Waals surface area contributed by atoms with Gasteiger partial charge < -0.3 is 24.8 Å². The molecule has 0 heterocycles. The topological polar surface area (TPSA) is 0 Å². The molecule has 0 nitrogen and oxygen atoms in total. The minimum Gasteiger partial charge on any atom is -1.00 e. The van der Waals surface area contributed by atoms with E-state index in [0.29, 0.717) is 0 Å². The number of halogens is 2. The van der Waals surface area contributed by atoms with Gasteiger partial charge in [0.1, 0.15) is 0 Å². The van der Waals surface area contributed by atoms with Crippen molar-refractivity contribution in [1.82, 2.24) is 0 Å². The third kappa shape index (κ3) is 4.59. The number of allylic oxidation sites excluding steroid dienone is 8. The van der Waals surface area contributed by atoms with Crippen LogP contribution in [0.2, 0.25) is 6.55 Å². The molecule has 0 radical (unpaired) electrons. The van der Waals surface area contributed by atoms with Crippen molar-refractivity contribution in [2.24, 2.45) is 0 Å². The predicted molar refractivity (Wildman–Crippen MR) is 101 cm³/mol. The first-order valence-electron chi connectivity index (χ1n) is 8.67. The first-order chi connectivity index (χ1) is 11.0. The molecule has 0 amide bonds. The van der Waals surface area contributed by atoms with Crippen LogP contribution >= 0.6 is 0 Å². The number of benzene rings is 1. The second kappa shape index (κ2) is 9.70. The summed E-state index contributed by atoms with van der Waals surface area (Å²) in [7, 11) is 0. The molecule has 0 saturated heterocycles. The molecule has 1 aromatic rings. The minimum absolute atomic E-state index is 0. The van der Waals surface area contributed by atoms with Crippen molar-refractivity contribution in [1.29, 1.82) is 0 Å². The first kappa shape index (κ1) is 22.9. The summed E-state index contributed by atoms with van der Waals surface area (Å²) in [6, 6.07) is 11.4. The van der Waals surface area contributed by atoms with E-state index in [1.165, 1.54) is 24.0 Å². The van der Waals surface area contributed by atoms with E-state index in [1.54, 1.807) is 16.3 Å². The van der Waals surface area contributed by atoms with E-state index in [4.69, 9.17) is 0 Å². The van der Waals surface area contributed by atoms with Crippen molar-refractivity contribution in [3.05, 3.63) is 71.3 Å². The van der Waals surface area contributed by atoms with E-state index in [-0.39, 0.29) is 24.8 Å². The number of hydrogen-bond donors (Lipinski definition) is 0. The second-order valence-corrected chi connectivity index (χ2v) is 23.8. The molecular formula is C21H27Cl2SiZr. The van der Waals surface area contributed by atoms with Gasteiger partial charge in [-0.05, 0) is 0 Å². The molecule has 0 fully saturated rings. The Bertz CT molecular complexity index is 702. The summed E-state index contributed by atoms with van der Waals surface area (Å²) in [5.41, 5.74) is 6.35. The minimum atomic E-state index is -1.78. The van der Waals surface area contributed by atoms with Crippen LogP contribution in [0, 0.1) is 0 Å². The first-order valence-corrected chi connectivity index (χ1v) is 17.7. The number of rotatable bonds is 4. The molecule has 0 spiro atoms. The van der Waals surface area contributed by atoms with Crippen LogP contribution in [0.4, 0.5) is 0 Å². The van der Waals surface area contributed by atoms with Crippen LogP contribution in [0.25, 0.3) is 0 Å². The Morgan fingerprint density at radius 1 is 0.760 bits per heavy atom. The molecule has 133 valence electrons. The van der Waals surface area contributed by atoms with Gasteiger partial charge in [-0.15, -0.1) is 0 Å². The smallest absolute Gasteiger partial charge is 1.00 e. The normalized spacial score (nSPS) is 17.6.